The first-order valence-electron chi connectivity index (χ1n) is 7.97. The Bertz CT molecular complexity index is 465. The highest BCUT2D eigenvalue weighted by molar-refractivity contribution is 5.74. The minimum atomic E-state index is -0.0288. The number of carbonyl (C=O) groups excluding carboxylic acids is 1. The molecule has 1 aliphatic heterocycles. The van der Waals surface area contributed by atoms with Gasteiger partial charge in [0.15, 0.2) is 0 Å². The highest BCUT2D eigenvalue weighted by atomic mass is 16.5. The fraction of sp³-hybridized carbons (Fsp3) is 0.588. The second-order valence-electron chi connectivity index (χ2n) is 6.08. The molecular formula is C17H26N2O3. The molecule has 2 amide bonds. The van der Waals surface area contributed by atoms with Gasteiger partial charge in [0.25, 0.3) is 0 Å². The number of hydrogen-bond acceptors (Lipinski definition) is 3. The summed E-state index contributed by atoms with van der Waals surface area (Å²) >= 11 is 0. The summed E-state index contributed by atoms with van der Waals surface area (Å²) in [6.07, 6.45) is 1.92. The van der Waals surface area contributed by atoms with Crippen LogP contribution in [-0.4, -0.2) is 41.8 Å². The Morgan fingerprint density at radius 1 is 1.32 bits per heavy atom. The highest BCUT2D eigenvalue weighted by Crippen LogP contribution is 2.17. The molecule has 22 heavy (non-hydrogen) atoms. The highest BCUT2D eigenvalue weighted by Gasteiger charge is 2.21. The molecule has 1 aromatic rings. The number of likely N-dealkylation sites (tertiary alicyclic amines) is 1. The summed E-state index contributed by atoms with van der Waals surface area (Å²) in [4.78, 5) is 13.9. The van der Waals surface area contributed by atoms with E-state index in [-0.39, 0.29) is 18.7 Å². The zero-order valence-electron chi connectivity index (χ0n) is 13.4. The number of aliphatic hydroxyl groups excluding tert-OH is 1. The Kier molecular flexibility index (Phi) is 6.07. The van der Waals surface area contributed by atoms with Crippen molar-refractivity contribution in [1.29, 1.82) is 0 Å². The number of urea groups is 1. The maximum absolute atomic E-state index is 12.1. The normalized spacial score (nSPS) is 15.9. The van der Waals surface area contributed by atoms with Crippen LogP contribution < -0.4 is 10.1 Å². The molecule has 0 atom stereocenters. The minimum absolute atomic E-state index is 0.0288. The Morgan fingerprint density at radius 2 is 1.95 bits per heavy atom. The number of piperidine rings is 1. The fourth-order valence-corrected chi connectivity index (χ4v) is 2.57. The second kappa shape index (κ2) is 8.03. The van der Waals surface area contributed by atoms with E-state index in [1.165, 1.54) is 0 Å². The number of rotatable bonds is 5. The van der Waals surface area contributed by atoms with Crippen LogP contribution in [0.25, 0.3) is 0 Å². The summed E-state index contributed by atoms with van der Waals surface area (Å²) < 4.78 is 5.59. The molecule has 5 heteroatoms. The molecule has 1 fully saturated rings. The third-order valence-electron chi connectivity index (χ3n) is 3.90. The SMILES string of the molecule is CC(C)Oc1ccc(CNC(=O)N2CCC(CO)CC2)cc1. The molecule has 1 saturated heterocycles. The van der Waals surface area contributed by atoms with E-state index in [1.54, 1.807) is 0 Å². The van der Waals surface area contributed by atoms with Gasteiger partial charge >= 0.3 is 6.03 Å². The van der Waals surface area contributed by atoms with Gasteiger partial charge in [-0.3, -0.25) is 0 Å². The lowest BCUT2D eigenvalue weighted by Crippen LogP contribution is -2.44. The third-order valence-corrected chi connectivity index (χ3v) is 3.90. The van der Waals surface area contributed by atoms with Gasteiger partial charge in [-0.25, -0.2) is 4.79 Å². The van der Waals surface area contributed by atoms with Crippen LogP contribution in [0.5, 0.6) is 5.75 Å². The van der Waals surface area contributed by atoms with Crippen LogP contribution in [0.1, 0.15) is 32.3 Å². The van der Waals surface area contributed by atoms with Crippen molar-refractivity contribution in [2.75, 3.05) is 19.7 Å². The van der Waals surface area contributed by atoms with E-state index in [2.05, 4.69) is 5.32 Å². The lowest BCUT2D eigenvalue weighted by Gasteiger charge is -2.31. The van der Waals surface area contributed by atoms with Crippen LogP contribution in [0.3, 0.4) is 0 Å². The summed E-state index contributed by atoms with van der Waals surface area (Å²) in [6, 6.07) is 7.76. The van der Waals surface area contributed by atoms with Crippen LogP contribution >= 0.6 is 0 Å². The maximum atomic E-state index is 12.1. The van der Waals surface area contributed by atoms with Crippen molar-refractivity contribution >= 4 is 6.03 Å². The van der Waals surface area contributed by atoms with E-state index >= 15 is 0 Å². The summed E-state index contributed by atoms with van der Waals surface area (Å²) in [5.41, 5.74) is 1.05. The predicted octanol–water partition coefficient (Wildman–Crippen LogP) is 2.39. The number of aliphatic hydroxyl groups is 1. The zero-order chi connectivity index (χ0) is 15.9. The first-order chi connectivity index (χ1) is 10.6. The van der Waals surface area contributed by atoms with Crippen molar-refractivity contribution in [1.82, 2.24) is 10.2 Å². The predicted molar refractivity (Wildman–Crippen MR) is 85.8 cm³/mol. The van der Waals surface area contributed by atoms with Crippen molar-refractivity contribution < 1.29 is 14.6 Å². The quantitative estimate of drug-likeness (QED) is 0.878. The molecule has 0 unspecified atom stereocenters. The zero-order valence-corrected chi connectivity index (χ0v) is 13.4. The molecule has 0 saturated carbocycles. The smallest absolute Gasteiger partial charge is 0.317 e. The van der Waals surface area contributed by atoms with E-state index in [0.717, 1.165) is 37.2 Å². The summed E-state index contributed by atoms with van der Waals surface area (Å²) in [5, 5.41) is 12.1. The van der Waals surface area contributed by atoms with Crippen molar-refractivity contribution in [3.05, 3.63) is 29.8 Å². The van der Waals surface area contributed by atoms with E-state index in [4.69, 9.17) is 9.84 Å². The maximum Gasteiger partial charge on any atom is 0.317 e. The molecule has 1 aliphatic rings. The van der Waals surface area contributed by atoms with E-state index in [0.29, 0.717) is 12.5 Å². The molecule has 1 aromatic carbocycles. The molecule has 0 aliphatic carbocycles. The van der Waals surface area contributed by atoms with Crippen molar-refractivity contribution in [2.24, 2.45) is 5.92 Å². The van der Waals surface area contributed by atoms with E-state index in [9.17, 15) is 4.79 Å². The molecule has 0 aromatic heterocycles. The fourth-order valence-electron chi connectivity index (χ4n) is 2.57. The van der Waals surface area contributed by atoms with Gasteiger partial charge in [-0.05, 0) is 50.3 Å². The average Bonchev–Trinajstić information content (AvgIpc) is 2.53. The van der Waals surface area contributed by atoms with Crippen LogP contribution in [0.15, 0.2) is 24.3 Å². The Morgan fingerprint density at radius 3 is 2.50 bits per heavy atom. The molecule has 122 valence electrons. The monoisotopic (exact) mass is 306 g/mol. The lowest BCUT2D eigenvalue weighted by molar-refractivity contribution is 0.137. The first-order valence-corrected chi connectivity index (χ1v) is 7.97. The number of hydrogen-bond donors (Lipinski definition) is 2. The van der Waals surface area contributed by atoms with Gasteiger partial charge in [-0.15, -0.1) is 0 Å². The van der Waals surface area contributed by atoms with Gasteiger partial charge in [0.2, 0.25) is 0 Å². The van der Waals surface area contributed by atoms with Crippen LogP contribution in [0, 0.1) is 5.92 Å². The molecule has 0 bridgehead atoms. The summed E-state index contributed by atoms with van der Waals surface area (Å²) in [5.74, 6) is 1.19. The Labute approximate surface area is 132 Å². The molecule has 5 nitrogen and oxygen atoms in total. The minimum Gasteiger partial charge on any atom is -0.491 e. The van der Waals surface area contributed by atoms with Crippen molar-refractivity contribution in [3.63, 3.8) is 0 Å². The molecule has 1 heterocycles. The van der Waals surface area contributed by atoms with Crippen molar-refractivity contribution in [3.8, 4) is 5.75 Å². The van der Waals surface area contributed by atoms with Gasteiger partial charge in [0.1, 0.15) is 5.75 Å². The standard InChI is InChI=1S/C17H26N2O3/c1-13(2)22-16-5-3-14(4-6-16)11-18-17(21)19-9-7-15(12-20)8-10-19/h3-6,13,15,20H,7-12H2,1-2H3,(H,18,21). The number of nitrogens with zero attached hydrogens (tertiary/aromatic N) is 1. The number of amides is 2. The molecule has 0 spiro atoms. The number of nitrogens with one attached hydrogen (secondary N) is 1. The van der Waals surface area contributed by atoms with Crippen LogP contribution in [0.4, 0.5) is 4.79 Å². The molecule has 0 radical (unpaired) electrons. The van der Waals surface area contributed by atoms with Crippen LogP contribution in [-0.2, 0) is 6.54 Å². The summed E-state index contributed by atoms with van der Waals surface area (Å²) in [6.45, 7) is 6.17. The van der Waals surface area contributed by atoms with Crippen molar-refractivity contribution in [2.45, 2.75) is 39.3 Å². The van der Waals surface area contributed by atoms with Gasteiger partial charge in [-0.1, -0.05) is 12.1 Å². The summed E-state index contributed by atoms with van der Waals surface area (Å²) in [7, 11) is 0. The largest absolute Gasteiger partial charge is 0.491 e. The van der Waals surface area contributed by atoms with Gasteiger partial charge in [-0.2, -0.15) is 0 Å². The second-order valence-corrected chi connectivity index (χ2v) is 6.08. The number of ether oxygens (including phenoxy) is 1. The molecule has 2 N–H and O–H groups in total. The number of benzene rings is 1. The van der Waals surface area contributed by atoms with Gasteiger partial charge < -0.3 is 20.1 Å². The molecular weight excluding hydrogens is 280 g/mol. The van der Waals surface area contributed by atoms with E-state index in [1.807, 2.05) is 43.0 Å². The lowest BCUT2D eigenvalue weighted by atomic mass is 9.98. The van der Waals surface area contributed by atoms with Crippen LogP contribution in [0.2, 0.25) is 0 Å². The first kappa shape index (κ1) is 16.6. The van der Waals surface area contributed by atoms with E-state index < -0.39 is 0 Å². The van der Waals surface area contributed by atoms with Gasteiger partial charge in [0, 0.05) is 26.2 Å². The average molecular weight is 306 g/mol. The Hall–Kier alpha value is -1.75. The Balaban J connectivity index is 1.76. The van der Waals surface area contributed by atoms with Gasteiger partial charge in [0.05, 0.1) is 6.10 Å². The third kappa shape index (κ3) is 4.91. The topological polar surface area (TPSA) is 61.8 Å². The number of carbonyl (C=O) groups is 1. The molecule has 2 rings (SSSR count).